The van der Waals surface area contributed by atoms with Gasteiger partial charge in [-0.3, -0.25) is 4.79 Å². The molecular formula is C16H10F3IN2O. The second kappa shape index (κ2) is 5.88. The Morgan fingerprint density at radius 2 is 1.83 bits per heavy atom. The Morgan fingerprint density at radius 1 is 1.09 bits per heavy atom. The fourth-order valence-corrected chi connectivity index (χ4v) is 2.84. The number of benzene rings is 2. The zero-order valence-corrected chi connectivity index (χ0v) is 13.7. The SMILES string of the molecule is O=C(Nc1ccc2[nH]c(C(F)(F)F)cc2c1)c1ccccc1I. The highest BCUT2D eigenvalue weighted by Gasteiger charge is 2.32. The summed E-state index contributed by atoms with van der Waals surface area (Å²) >= 11 is 2.05. The molecule has 1 amide bonds. The number of hydrogen-bond acceptors (Lipinski definition) is 1. The molecule has 0 aliphatic heterocycles. The first kappa shape index (κ1) is 15.9. The van der Waals surface area contributed by atoms with Crippen LogP contribution in [-0.2, 0) is 6.18 Å². The van der Waals surface area contributed by atoms with E-state index in [2.05, 4.69) is 32.9 Å². The van der Waals surface area contributed by atoms with E-state index in [9.17, 15) is 18.0 Å². The topological polar surface area (TPSA) is 44.9 Å². The molecule has 0 atom stereocenters. The van der Waals surface area contributed by atoms with Crippen LogP contribution in [-0.4, -0.2) is 10.9 Å². The number of alkyl halides is 3. The number of aromatic nitrogens is 1. The van der Waals surface area contributed by atoms with Crippen molar-refractivity contribution in [3.63, 3.8) is 0 Å². The average Bonchev–Trinajstić information content (AvgIpc) is 2.91. The summed E-state index contributed by atoms with van der Waals surface area (Å²) in [5, 5.41) is 3.09. The highest BCUT2D eigenvalue weighted by atomic mass is 127. The second-order valence-corrected chi connectivity index (χ2v) is 6.08. The predicted octanol–water partition coefficient (Wildman–Crippen LogP) is 5.04. The third-order valence-corrected chi connectivity index (χ3v) is 4.24. The van der Waals surface area contributed by atoms with Crippen LogP contribution in [0.15, 0.2) is 48.5 Å². The normalized spacial score (nSPS) is 11.7. The van der Waals surface area contributed by atoms with Crippen molar-refractivity contribution in [2.45, 2.75) is 6.18 Å². The Hall–Kier alpha value is -2.03. The molecule has 2 aromatic carbocycles. The zero-order chi connectivity index (χ0) is 16.6. The molecule has 0 aliphatic carbocycles. The number of fused-ring (bicyclic) bond motifs is 1. The van der Waals surface area contributed by atoms with Gasteiger partial charge >= 0.3 is 6.18 Å². The van der Waals surface area contributed by atoms with Gasteiger partial charge in [-0.25, -0.2) is 0 Å². The van der Waals surface area contributed by atoms with Crippen molar-refractivity contribution in [3.05, 3.63) is 63.4 Å². The standard InChI is InChI=1S/C16H10F3IN2O/c17-16(18,19)14-8-9-7-10(5-6-13(9)22-14)21-15(23)11-3-1-2-4-12(11)20/h1-8,22H,(H,21,23). The summed E-state index contributed by atoms with van der Waals surface area (Å²) in [7, 11) is 0. The third-order valence-electron chi connectivity index (χ3n) is 3.30. The first-order chi connectivity index (χ1) is 10.8. The van der Waals surface area contributed by atoms with E-state index in [1.54, 1.807) is 24.3 Å². The Labute approximate surface area is 143 Å². The lowest BCUT2D eigenvalue weighted by atomic mass is 10.2. The number of carbonyl (C=O) groups is 1. The minimum Gasteiger partial charge on any atom is -0.351 e. The van der Waals surface area contributed by atoms with E-state index in [0.29, 0.717) is 22.2 Å². The van der Waals surface area contributed by atoms with Crippen LogP contribution in [0, 0.1) is 3.57 Å². The van der Waals surface area contributed by atoms with Crippen LogP contribution in [0.25, 0.3) is 10.9 Å². The number of rotatable bonds is 2. The Kier molecular flexibility index (Phi) is 4.05. The first-order valence-electron chi connectivity index (χ1n) is 6.60. The Balaban J connectivity index is 1.89. The van der Waals surface area contributed by atoms with Crippen LogP contribution < -0.4 is 5.32 Å². The molecule has 0 spiro atoms. The summed E-state index contributed by atoms with van der Waals surface area (Å²) < 4.78 is 38.9. The van der Waals surface area contributed by atoms with Gasteiger partial charge in [-0.05, 0) is 59.0 Å². The maximum Gasteiger partial charge on any atom is 0.431 e. The van der Waals surface area contributed by atoms with E-state index in [-0.39, 0.29) is 5.91 Å². The molecule has 3 rings (SSSR count). The minimum atomic E-state index is -4.43. The smallest absolute Gasteiger partial charge is 0.351 e. The van der Waals surface area contributed by atoms with Gasteiger partial charge in [0.2, 0.25) is 0 Å². The van der Waals surface area contributed by atoms with Crippen molar-refractivity contribution in [1.29, 1.82) is 0 Å². The van der Waals surface area contributed by atoms with Gasteiger partial charge < -0.3 is 10.3 Å². The van der Waals surface area contributed by atoms with Gasteiger partial charge in [0.1, 0.15) is 5.69 Å². The van der Waals surface area contributed by atoms with Crippen LogP contribution in [0.5, 0.6) is 0 Å². The first-order valence-corrected chi connectivity index (χ1v) is 7.68. The minimum absolute atomic E-state index is 0.305. The molecule has 0 saturated heterocycles. The number of anilines is 1. The molecule has 0 radical (unpaired) electrons. The highest BCUT2D eigenvalue weighted by molar-refractivity contribution is 14.1. The number of halogens is 4. The monoisotopic (exact) mass is 430 g/mol. The molecule has 0 aliphatic rings. The molecule has 1 heterocycles. The maximum atomic E-state index is 12.7. The van der Waals surface area contributed by atoms with Crippen molar-refractivity contribution < 1.29 is 18.0 Å². The van der Waals surface area contributed by atoms with Crippen LogP contribution in [0.2, 0.25) is 0 Å². The molecule has 118 valence electrons. The lowest BCUT2D eigenvalue weighted by Crippen LogP contribution is -2.13. The zero-order valence-electron chi connectivity index (χ0n) is 11.5. The molecule has 23 heavy (non-hydrogen) atoms. The number of amides is 1. The van der Waals surface area contributed by atoms with Crippen LogP contribution >= 0.6 is 22.6 Å². The van der Waals surface area contributed by atoms with E-state index in [4.69, 9.17) is 0 Å². The van der Waals surface area contributed by atoms with E-state index in [1.807, 2.05) is 6.07 Å². The van der Waals surface area contributed by atoms with Gasteiger partial charge in [-0.2, -0.15) is 13.2 Å². The second-order valence-electron chi connectivity index (χ2n) is 4.92. The van der Waals surface area contributed by atoms with Gasteiger partial charge in [0.05, 0.1) is 5.56 Å². The van der Waals surface area contributed by atoms with Gasteiger partial charge in [0.25, 0.3) is 5.91 Å². The molecule has 7 heteroatoms. The Bertz CT molecular complexity index is 886. The summed E-state index contributed by atoms with van der Waals surface area (Å²) in [6.07, 6.45) is -4.43. The summed E-state index contributed by atoms with van der Waals surface area (Å²) in [6.45, 7) is 0. The number of nitrogens with one attached hydrogen (secondary N) is 2. The molecule has 2 N–H and O–H groups in total. The molecule has 0 saturated carbocycles. The molecule has 3 aromatic rings. The molecule has 0 bridgehead atoms. The number of H-pyrrole nitrogens is 1. The van der Waals surface area contributed by atoms with Crippen molar-refractivity contribution in [1.82, 2.24) is 4.98 Å². The molecule has 0 unspecified atom stereocenters. The number of carbonyl (C=O) groups excluding carboxylic acids is 1. The molecule has 1 aromatic heterocycles. The predicted molar refractivity (Wildman–Crippen MR) is 90.4 cm³/mol. The van der Waals surface area contributed by atoms with Crippen molar-refractivity contribution >= 4 is 45.1 Å². The maximum absolute atomic E-state index is 12.7. The average molecular weight is 430 g/mol. The summed E-state index contributed by atoms with van der Waals surface area (Å²) in [5.74, 6) is -0.305. The molecule has 0 fully saturated rings. The van der Waals surface area contributed by atoms with Crippen molar-refractivity contribution in [2.75, 3.05) is 5.32 Å². The Morgan fingerprint density at radius 3 is 2.52 bits per heavy atom. The largest absolute Gasteiger partial charge is 0.431 e. The van der Waals surface area contributed by atoms with E-state index in [0.717, 1.165) is 9.64 Å². The van der Waals surface area contributed by atoms with Crippen LogP contribution in [0.3, 0.4) is 0 Å². The van der Waals surface area contributed by atoms with E-state index < -0.39 is 11.9 Å². The van der Waals surface area contributed by atoms with Gasteiger partial charge in [0, 0.05) is 20.2 Å². The summed E-state index contributed by atoms with van der Waals surface area (Å²) in [4.78, 5) is 14.5. The number of hydrogen-bond donors (Lipinski definition) is 2. The van der Waals surface area contributed by atoms with E-state index in [1.165, 1.54) is 12.1 Å². The van der Waals surface area contributed by atoms with Crippen molar-refractivity contribution in [2.24, 2.45) is 0 Å². The van der Waals surface area contributed by atoms with Crippen LogP contribution in [0.1, 0.15) is 16.1 Å². The fourth-order valence-electron chi connectivity index (χ4n) is 2.21. The molecular weight excluding hydrogens is 420 g/mol. The van der Waals surface area contributed by atoms with Crippen molar-refractivity contribution in [3.8, 4) is 0 Å². The van der Waals surface area contributed by atoms with Gasteiger partial charge in [-0.15, -0.1) is 0 Å². The summed E-state index contributed by atoms with van der Waals surface area (Å²) in [5.41, 5.74) is 0.506. The highest BCUT2D eigenvalue weighted by Crippen LogP contribution is 2.32. The third kappa shape index (κ3) is 3.34. The number of aromatic amines is 1. The lowest BCUT2D eigenvalue weighted by molar-refractivity contribution is -0.140. The van der Waals surface area contributed by atoms with Crippen LogP contribution in [0.4, 0.5) is 18.9 Å². The van der Waals surface area contributed by atoms with Gasteiger partial charge in [0.15, 0.2) is 0 Å². The molecule has 3 nitrogen and oxygen atoms in total. The lowest BCUT2D eigenvalue weighted by Gasteiger charge is -2.07. The fraction of sp³-hybridized carbons (Fsp3) is 0.0625. The quantitative estimate of drug-likeness (QED) is 0.550. The van der Waals surface area contributed by atoms with E-state index >= 15 is 0 Å². The summed E-state index contributed by atoms with van der Waals surface area (Å²) in [6, 6.07) is 12.7. The van der Waals surface area contributed by atoms with Gasteiger partial charge in [-0.1, -0.05) is 12.1 Å².